The third kappa shape index (κ3) is 3.67. The fourth-order valence-corrected chi connectivity index (χ4v) is 2.97. The largest absolute Gasteiger partial charge is 0.454 e. The summed E-state index contributed by atoms with van der Waals surface area (Å²) < 4.78 is 36.7. The number of ether oxygens (including phenoxy) is 1. The molecule has 4 rings (SSSR count). The molecule has 0 bridgehead atoms. The lowest BCUT2D eigenvalue weighted by Gasteiger charge is -2.08. The molecule has 0 amide bonds. The van der Waals surface area contributed by atoms with Crippen LogP contribution in [0.5, 0.6) is 0 Å². The molecule has 0 fully saturated rings. The number of benzene rings is 2. The number of carbonyl (C=O) groups excluding carboxylic acids is 2. The van der Waals surface area contributed by atoms with Crippen LogP contribution in [0.25, 0.3) is 22.4 Å². The van der Waals surface area contributed by atoms with Crippen molar-refractivity contribution in [2.75, 3.05) is 6.61 Å². The van der Waals surface area contributed by atoms with Crippen LogP contribution >= 0.6 is 0 Å². The van der Waals surface area contributed by atoms with Gasteiger partial charge in [-0.05, 0) is 31.2 Å². The highest BCUT2D eigenvalue weighted by molar-refractivity contribution is 6.05. The van der Waals surface area contributed by atoms with Crippen LogP contribution in [-0.4, -0.2) is 28.5 Å². The van der Waals surface area contributed by atoms with E-state index in [0.717, 1.165) is 23.8 Å². The molecule has 0 spiro atoms. The molecule has 0 unspecified atom stereocenters. The van der Waals surface area contributed by atoms with Gasteiger partial charge in [0, 0.05) is 11.1 Å². The van der Waals surface area contributed by atoms with Crippen LogP contribution in [0, 0.1) is 18.6 Å². The van der Waals surface area contributed by atoms with Gasteiger partial charge in [-0.2, -0.15) is 0 Å². The first-order chi connectivity index (χ1) is 14.4. The van der Waals surface area contributed by atoms with E-state index in [1.54, 1.807) is 6.92 Å². The molecule has 0 aliphatic heterocycles. The molecule has 0 aliphatic carbocycles. The third-order valence-corrected chi connectivity index (χ3v) is 4.48. The zero-order valence-corrected chi connectivity index (χ0v) is 15.7. The Bertz CT molecular complexity index is 1270. The minimum atomic E-state index is -1.16. The first-order valence-electron chi connectivity index (χ1n) is 8.92. The van der Waals surface area contributed by atoms with E-state index < -0.39 is 30.0 Å². The van der Waals surface area contributed by atoms with Gasteiger partial charge >= 0.3 is 5.97 Å². The molecule has 0 radical (unpaired) electrons. The zero-order valence-electron chi connectivity index (χ0n) is 15.7. The summed E-state index contributed by atoms with van der Waals surface area (Å²) >= 11 is 0. The van der Waals surface area contributed by atoms with E-state index in [1.807, 2.05) is 30.3 Å². The van der Waals surface area contributed by atoms with Crippen LogP contribution in [-0.2, 0) is 4.74 Å². The average molecular weight is 408 g/mol. The molecular formula is C22H14F2N2O4. The van der Waals surface area contributed by atoms with Gasteiger partial charge in [-0.1, -0.05) is 35.5 Å². The van der Waals surface area contributed by atoms with Gasteiger partial charge in [-0.15, -0.1) is 0 Å². The number of hydrogen-bond acceptors (Lipinski definition) is 6. The Morgan fingerprint density at radius 1 is 1.03 bits per heavy atom. The van der Waals surface area contributed by atoms with E-state index in [9.17, 15) is 18.4 Å². The summed E-state index contributed by atoms with van der Waals surface area (Å²) in [4.78, 5) is 29.3. The number of carbonyl (C=O) groups is 2. The van der Waals surface area contributed by atoms with Crippen LogP contribution in [0.4, 0.5) is 8.78 Å². The maximum Gasteiger partial charge on any atom is 0.339 e. The number of aromatic nitrogens is 2. The fraction of sp³-hybridized carbons (Fsp3) is 0.0909. The number of halogens is 2. The summed E-state index contributed by atoms with van der Waals surface area (Å²) in [6.07, 6.45) is 0. The van der Waals surface area contributed by atoms with Gasteiger partial charge < -0.3 is 9.26 Å². The summed E-state index contributed by atoms with van der Waals surface area (Å²) in [5, 5.41) is 4.22. The second-order valence-electron chi connectivity index (χ2n) is 6.50. The summed E-state index contributed by atoms with van der Waals surface area (Å²) in [5.41, 5.74) is 1.85. The quantitative estimate of drug-likeness (QED) is 0.357. The van der Waals surface area contributed by atoms with Crippen LogP contribution in [0.3, 0.4) is 0 Å². The van der Waals surface area contributed by atoms with Crippen molar-refractivity contribution in [3.05, 3.63) is 83.1 Å². The van der Waals surface area contributed by atoms with E-state index >= 15 is 0 Å². The molecule has 30 heavy (non-hydrogen) atoms. The number of ketones is 1. The Kier molecular flexibility index (Phi) is 5.05. The van der Waals surface area contributed by atoms with Crippen molar-refractivity contribution >= 4 is 22.9 Å². The molecule has 4 aromatic rings. The predicted octanol–water partition coefficient (Wildman–Crippen LogP) is 4.52. The van der Waals surface area contributed by atoms with E-state index in [2.05, 4.69) is 10.1 Å². The molecule has 0 aliphatic rings. The van der Waals surface area contributed by atoms with Crippen molar-refractivity contribution in [3.8, 4) is 11.3 Å². The number of esters is 1. The molecule has 0 atom stereocenters. The van der Waals surface area contributed by atoms with Crippen molar-refractivity contribution in [1.29, 1.82) is 0 Å². The number of aryl methyl sites for hydroxylation is 1. The number of fused-ring (bicyclic) bond motifs is 1. The van der Waals surface area contributed by atoms with Gasteiger partial charge in [-0.25, -0.2) is 18.6 Å². The smallest absolute Gasteiger partial charge is 0.339 e. The molecule has 150 valence electrons. The van der Waals surface area contributed by atoms with Gasteiger partial charge in [0.1, 0.15) is 0 Å². The molecular weight excluding hydrogens is 394 g/mol. The average Bonchev–Trinajstić information content (AvgIpc) is 3.14. The Morgan fingerprint density at radius 3 is 2.53 bits per heavy atom. The lowest BCUT2D eigenvalue weighted by molar-refractivity contribution is 0.0476. The van der Waals surface area contributed by atoms with E-state index in [1.165, 1.54) is 6.07 Å². The third-order valence-electron chi connectivity index (χ3n) is 4.48. The summed E-state index contributed by atoms with van der Waals surface area (Å²) in [7, 11) is 0. The monoisotopic (exact) mass is 408 g/mol. The van der Waals surface area contributed by atoms with Crippen molar-refractivity contribution < 1.29 is 27.6 Å². The molecule has 2 aromatic heterocycles. The minimum absolute atomic E-state index is 0.104. The predicted molar refractivity (Wildman–Crippen MR) is 103 cm³/mol. The highest BCUT2D eigenvalue weighted by atomic mass is 19.2. The minimum Gasteiger partial charge on any atom is -0.454 e. The molecule has 2 aromatic carbocycles. The Labute approximate surface area is 169 Å². The van der Waals surface area contributed by atoms with Crippen LogP contribution in [0.2, 0.25) is 0 Å². The normalized spacial score (nSPS) is 10.9. The summed E-state index contributed by atoms with van der Waals surface area (Å²) in [6.45, 7) is 1.01. The van der Waals surface area contributed by atoms with Crippen molar-refractivity contribution in [2.45, 2.75) is 6.92 Å². The van der Waals surface area contributed by atoms with Crippen LogP contribution in [0.15, 0.2) is 59.1 Å². The Morgan fingerprint density at radius 2 is 1.80 bits per heavy atom. The van der Waals surface area contributed by atoms with Gasteiger partial charge in [-0.3, -0.25) is 4.79 Å². The maximum atomic E-state index is 13.3. The van der Waals surface area contributed by atoms with Crippen molar-refractivity contribution in [2.24, 2.45) is 0 Å². The second kappa shape index (κ2) is 7.82. The first kappa shape index (κ1) is 19.4. The Hall–Kier alpha value is -3.94. The van der Waals surface area contributed by atoms with Crippen molar-refractivity contribution in [1.82, 2.24) is 10.1 Å². The molecule has 8 heteroatoms. The number of Topliss-reactive ketones (excluding diaryl/α,β-unsaturated/α-hetero) is 1. The van der Waals surface area contributed by atoms with Crippen LogP contribution < -0.4 is 0 Å². The van der Waals surface area contributed by atoms with Gasteiger partial charge in [0.25, 0.3) is 5.71 Å². The van der Waals surface area contributed by atoms with Crippen LogP contribution in [0.1, 0.15) is 26.4 Å². The SMILES string of the molecule is Cc1noc2nc(-c3ccccc3)cc(C(=O)OCC(=O)c3ccc(F)c(F)c3)c12. The number of pyridine rings is 1. The lowest BCUT2D eigenvalue weighted by Crippen LogP contribution is -2.15. The number of nitrogens with zero attached hydrogens (tertiary/aromatic N) is 2. The molecule has 0 saturated heterocycles. The topological polar surface area (TPSA) is 82.3 Å². The summed E-state index contributed by atoms with van der Waals surface area (Å²) in [6, 6.07) is 13.4. The van der Waals surface area contributed by atoms with E-state index in [-0.39, 0.29) is 16.8 Å². The molecule has 0 N–H and O–H groups in total. The first-order valence-corrected chi connectivity index (χ1v) is 8.92. The van der Waals surface area contributed by atoms with E-state index in [0.29, 0.717) is 16.8 Å². The zero-order chi connectivity index (χ0) is 21.3. The second-order valence-corrected chi connectivity index (χ2v) is 6.50. The molecule has 2 heterocycles. The number of rotatable bonds is 5. The lowest BCUT2D eigenvalue weighted by atomic mass is 10.1. The fourth-order valence-electron chi connectivity index (χ4n) is 2.97. The molecule has 0 saturated carbocycles. The van der Waals surface area contributed by atoms with Gasteiger partial charge in [0.2, 0.25) is 0 Å². The highest BCUT2D eigenvalue weighted by Crippen LogP contribution is 2.27. The highest BCUT2D eigenvalue weighted by Gasteiger charge is 2.21. The van der Waals surface area contributed by atoms with Gasteiger partial charge in [0.15, 0.2) is 24.0 Å². The van der Waals surface area contributed by atoms with Crippen molar-refractivity contribution in [3.63, 3.8) is 0 Å². The Balaban J connectivity index is 1.63. The van der Waals surface area contributed by atoms with Gasteiger partial charge in [0.05, 0.1) is 22.3 Å². The van der Waals surface area contributed by atoms with E-state index in [4.69, 9.17) is 9.26 Å². The number of hydrogen-bond donors (Lipinski definition) is 0. The maximum absolute atomic E-state index is 13.3. The summed E-state index contributed by atoms with van der Waals surface area (Å²) in [5.74, 6) is -3.69. The standard InChI is InChI=1S/C22H14F2N2O4/c1-12-20-15(10-18(25-21(20)30-26-12)13-5-3-2-4-6-13)22(28)29-11-19(27)14-7-8-16(23)17(24)9-14/h2-10H,11H2,1H3. The molecule has 6 nitrogen and oxygen atoms in total.